The van der Waals surface area contributed by atoms with Gasteiger partial charge in [-0.05, 0) is 12.1 Å². The first kappa shape index (κ1) is 15.8. The zero-order valence-corrected chi connectivity index (χ0v) is 14.2. The minimum absolute atomic E-state index is 0.0617. The molecule has 0 unspecified atom stereocenters. The molecular weight excluding hydrogens is 312 g/mol. The second kappa shape index (κ2) is 5.85. The van der Waals surface area contributed by atoms with Gasteiger partial charge < -0.3 is 14.6 Å². The summed E-state index contributed by atoms with van der Waals surface area (Å²) in [7, 11) is 1.78. The van der Waals surface area contributed by atoms with Crippen LogP contribution in [0.1, 0.15) is 30.8 Å². The van der Waals surface area contributed by atoms with Crippen molar-refractivity contribution in [3.05, 3.63) is 51.1 Å². The van der Waals surface area contributed by atoms with E-state index < -0.39 is 0 Å². The number of nitrogens with zero attached hydrogens (tertiary/aromatic N) is 1. The van der Waals surface area contributed by atoms with E-state index in [0.717, 1.165) is 23.5 Å². The monoisotopic (exact) mass is 332 g/mol. The fourth-order valence-corrected chi connectivity index (χ4v) is 3.66. The van der Waals surface area contributed by atoms with Crippen LogP contribution >= 0.6 is 11.3 Å². The molecule has 1 heterocycles. The molecule has 0 spiro atoms. The maximum absolute atomic E-state index is 12.5. The molecule has 0 radical (unpaired) electrons. The molecule has 1 amide bonds. The average molecular weight is 332 g/mol. The Kier molecular flexibility index (Phi) is 4.02. The van der Waals surface area contributed by atoms with Crippen molar-refractivity contribution in [2.75, 3.05) is 7.05 Å². The van der Waals surface area contributed by atoms with Crippen molar-refractivity contribution >= 4 is 17.2 Å². The van der Waals surface area contributed by atoms with Crippen molar-refractivity contribution in [3.8, 4) is 5.75 Å². The van der Waals surface area contributed by atoms with Crippen LogP contribution in [-0.2, 0) is 0 Å². The highest BCUT2D eigenvalue weighted by Gasteiger charge is 2.53. The first-order valence-electron chi connectivity index (χ1n) is 7.56. The molecule has 1 aromatic heterocycles. The molecule has 6 heteroatoms. The van der Waals surface area contributed by atoms with Gasteiger partial charge in [0.25, 0.3) is 5.91 Å². The summed E-state index contributed by atoms with van der Waals surface area (Å²) >= 11 is 1.01. The number of rotatable bonds is 4. The predicted molar refractivity (Wildman–Crippen MR) is 90.1 cm³/mol. The van der Waals surface area contributed by atoms with Crippen molar-refractivity contribution in [2.45, 2.75) is 32.4 Å². The highest BCUT2D eigenvalue weighted by Crippen LogP contribution is 2.45. The lowest BCUT2D eigenvalue weighted by molar-refractivity contribution is -0.0887. The highest BCUT2D eigenvalue weighted by molar-refractivity contribution is 7.07. The molecule has 3 rings (SSSR count). The van der Waals surface area contributed by atoms with Crippen LogP contribution in [0.5, 0.6) is 5.75 Å². The standard InChI is InChI=1S/C17H20N2O3S/c1-17(2)13(9-14(17)22-11-7-5-4-6-8-11)19(3)15(20)12-10-23-16(21)18-12/h4-8,10,13-14H,9H2,1-3H3,(H,18,21)/t13-,14-/m0/s1. The molecule has 23 heavy (non-hydrogen) atoms. The van der Waals surface area contributed by atoms with Gasteiger partial charge in [-0.15, -0.1) is 0 Å². The van der Waals surface area contributed by atoms with Gasteiger partial charge in [0.1, 0.15) is 17.5 Å². The van der Waals surface area contributed by atoms with Crippen molar-refractivity contribution in [2.24, 2.45) is 5.41 Å². The van der Waals surface area contributed by atoms with Gasteiger partial charge in [0.2, 0.25) is 0 Å². The molecule has 1 aliphatic rings. The molecule has 2 aromatic rings. The van der Waals surface area contributed by atoms with Crippen molar-refractivity contribution in [3.63, 3.8) is 0 Å². The third-order valence-electron chi connectivity index (χ3n) is 4.69. The van der Waals surface area contributed by atoms with Gasteiger partial charge in [0.05, 0.1) is 0 Å². The summed E-state index contributed by atoms with van der Waals surface area (Å²) in [6, 6.07) is 9.80. The summed E-state index contributed by atoms with van der Waals surface area (Å²) in [6.07, 6.45) is 0.838. The number of nitrogens with one attached hydrogen (secondary N) is 1. The van der Waals surface area contributed by atoms with E-state index in [0.29, 0.717) is 5.69 Å². The lowest BCUT2D eigenvalue weighted by Gasteiger charge is -2.54. The van der Waals surface area contributed by atoms with E-state index in [1.54, 1.807) is 17.3 Å². The number of para-hydroxylation sites is 1. The van der Waals surface area contributed by atoms with Crippen LogP contribution in [0, 0.1) is 5.41 Å². The molecule has 0 aliphatic heterocycles. The van der Waals surface area contributed by atoms with Gasteiger partial charge in [-0.2, -0.15) is 0 Å². The normalized spacial score (nSPS) is 22.2. The molecular formula is C17H20N2O3S. The number of aromatic amines is 1. The minimum atomic E-state index is -0.208. The first-order chi connectivity index (χ1) is 10.9. The second-order valence-electron chi connectivity index (χ2n) is 6.47. The van der Waals surface area contributed by atoms with Gasteiger partial charge in [-0.1, -0.05) is 43.4 Å². The van der Waals surface area contributed by atoms with E-state index in [-0.39, 0.29) is 28.3 Å². The van der Waals surface area contributed by atoms with E-state index in [1.807, 2.05) is 30.3 Å². The Morgan fingerprint density at radius 1 is 1.35 bits per heavy atom. The summed E-state index contributed by atoms with van der Waals surface area (Å²) in [5, 5.41) is 1.57. The summed E-state index contributed by atoms with van der Waals surface area (Å²) < 4.78 is 6.04. The number of aromatic nitrogens is 1. The molecule has 0 bridgehead atoms. The maximum Gasteiger partial charge on any atom is 0.305 e. The van der Waals surface area contributed by atoms with E-state index in [4.69, 9.17) is 4.74 Å². The number of thiazole rings is 1. The lowest BCUT2D eigenvalue weighted by atomic mass is 9.63. The number of ether oxygens (including phenoxy) is 1. The van der Waals surface area contributed by atoms with Crippen molar-refractivity contribution in [1.82, 2.24) is 9.88 Å². The van der Waals surface area contributed by atoms with Gasteiger partial charge >= 0.3 is 4.87 Å². The van der Waals surface area contributed by atoms with Crippen molar-refractivity contribution in [1.29, 1.82) is 0 Å². The Balaban J connectivity index is 1.68. The molecule has 5 nitrogen and oxygen atoms in total. The SMILES string of the molecule is CN(C(=O)c1csc(=O)[nH]1)[C@H]1C[C@H](Oc2ccccc2)C1(C)C. The van der Waals surface area contributed by atoms with Crippen LogP contribution in [-0.4, -0.2) is 35.0 Å². The molecule has 1 aromatic carbocycles. The van der Waals surface area contributed by atoms with Crippen LogP contribution in [0.4, 0.5) is 0 Å². The third kappa shape index (κ3) is 2.91. The number of hydrogen-bond acceptors (Lipinski definition) is 4. The number of benzene rings is 1. The zero-order chi connectivity index (χ0) is 16.6. The van der Waals surface area contributed by atoms with Gasteiger partial charge in [0, 0.05) is 30.3 Å². The topological polar surface area (TPSA) is 62.4 Å². The number of carbonyl (C=O) groups is 1. The van der Waals surface area contributed by atoms with Gasteiger partial charge in [-0.3, -0.25) is 9.59 Å². The van der Waals surface area contributed by atoms with Crippen molar-refractivity contribution < 1.29 is 9.53 Å². The summed E-state index contributed by atoms with van der Waals surface area (Å²) in [6.45, 7) is 4.21. The fourth-order valence-electron chi connectivity index (χ4n) is 3.10. The number of amides is 1. The van der Waals surface area contributed by atoms with E-state index in [1.165, 1.54) is 0 Å². The lowest BCUT2D eigenvalue weighted by Crippen LogP contribution is -2.63. The molecule has 1 aliphatic carbocycles. The maximum atomic E-state index is 12.5. The Morgan fingerprint density at radius 2 is 2.04 bits per heavy atom. The van der Waals surface area contributed by atoms with Gasteiger partial charge in [0.15, 0.2) is 0 Å². The summed E-state index contributed by atoms with van der Waals surface area (Å²) in [5.41, 5.74) is 0.196. The number of hydrogen-bond donors (Lipinski definition) is 1. The number of carbonyl (C=O) groups excluding carboxylic acids is 1. The Labute approximate surface area is 138 Å². The molecule has 2 atom stereocenters. The van der Waals surface area contributed by atoms with E-state index in [9.17, 15) is 9.59 Å². The van der Waals surface area contributed by atoms with E-state index in [2.05, 4.69) is 18.8 Å². The Bertz CT molecular complexity index is 750. The first-order valence-corrected chi connectivity index (χ1v) is 8.44. The Hall–Kier alpha value is -2.08. The van der Waals surface area contributed by atoms with Crippen LogP contribution < -0.4 is 9.61 Å². The van der Waals surface area contributed by atoms with Crippen LogP contribution in [0.2, 0.25) is 0 Å². The molecule has 1 saturated carbocycles. The largest absolute Gasteiger partial charge is 0.490 e. The molecule has 0 saturated heterocycles. The summed E-state index contributed by atoms with van der Waals surface area (Å²) in [4.78, 5) is 27.8. The quantitative estimate of drug-likeness (QED) is 0.936. The van der Waals surface area contributed by atoms with Crippen LogP contribution in [0.25, 0.3) is 0 Å². The van der Waals surface area contributed by atoms with E-state index >= 15 is 0 Å². The minimum Gasteiger partial charge on any atom is -0.490 e. The fraction of sp³-hybridized carbons (Fsp3) is 0.412. The molecule has 1 fully saturated rings. The average Bonchev–Trinajstić information content (AvgIpc) is 2.97. The highest BCUT2D eigenvalue weighted by atomic mass is 32.1. The summed E-state index contributed by atoms with van der Waals surface area (Å²) in [5.74, 6) is 0.694. The zero-order valence-electron chi connectivity index (χ0n) is 13.4. The van der Waals surface area contributed by atoms with Crippen LogP contribution in [0.3, 0.4) is 0 Å². The van der Waals surface area contributed by atoms with Gasteiger partial charge in [-0.25, -0.2) is 0 Å². The Morgan fingerprint density at radius 3 is 2.61 bits per heavy atom. The third-order valence-corrected chi connectivity index (χ3v) is 5.36. The second-order valence-corrected chi connectivity index (χ2v) is 7.31. The van der Waals surface area contributed by atoms with Crippen LogP contribution in [0.15, 0.2) is 40.5 Å². The number of H-pyrrole nitrogens is 1. The smallest absolute Gasteiger partial charge is 0.305 e. The molecule has 122 valence electrons. The molecule has 1 N–H and O–H groups in total. The predicted octanol–water partition coefficient (Wildman–Crippen LogP) is 2.75.